The van der Waals surface area contributed by atoms with Crippen LogP contribution in [0.4, 0.5) is 4.79 Å². The highest BCUT2D eigenvalue weighted by Crippen LogP contribution is 2.54. The van der Waals surface area contributed by atoms with Crippen LogP contribution in [0.25, 0.3) is 0 Å². The van der Waals surface area contributed by atoms with E-state index in [0.29, 0.717) is 31.0 Å². The largest absolute Gasteiger partial charge is 0.515 e. The summed E-state index contributed by atoms with van der Waals surface area (Å²) in [4.78, 5) is 15.8. The van der Waals surface area contributed by atoms with Gasteiger partial charge < -0.3 is 14.2 Å². The molecular formula is C15H19NO4. The Balaban J connectivity index is 1.60. The Morgan fingerprint density at radius 1 is 1.45 bits per heavy atom. The van der Waals surface area contributed by atoms with Crippen LogP contribution >= 0.6 is 0 Å². The number of nitrogens with zero attached hydrogens (tertiary/aromatic N) is 1. The summed E-state index contributed by atoms with van der Waals surface area (Å²) >= 11 is 0. The molecule has 1 aromatic rings. The molecule has 0 amide bonds. The lowest BCUT2D eigenvalue weighted by atomic mass is 9.91. The van der Waals surface area contributed by atoms with Crippen molar-refractivity contribution in [3.63, 3.8) is 0 Å². The van der Waals surface area contributed by atoms with Gasteiger partial charge in [-0.05, 0) is 24.3 Å². The number of pyridine rings is 1. The van der Waals surface area contributed by atoms with Crippen LogP contribution in [0, 0.1) is 17.8 Å². The van der Waals surface area contributed by atoms with Gasteiger partial charge >= 0.3 is 6.16 Å². The minimum atomic E-state index is -0.693. The lowest BCUT2D eigenvalue weighted by Gasteiger charge is -2.40. The van der Waals surface area contributed by atoms with E-state index in [1.807, 2.05) is 0 Å². The van der Waals surface area contributed by atoms with Crippen molar-refractivity contribution in [1.29, 1.82) is 0 Å². The third-order valence-electron chi connectivity index (χ3n) is 4.18. The van der Waals surface area contributed by atoms with Gasteiger partial charge in [0.05, 0.1) is 13.2 Å². The van der Waals surface area contributed by atoms with Crippen LogP contribution in [0.1, 0.15) is 20.3 Å². The van der Waals surface area contributed by atoms with Crippen molar-refractivity contribution >= 4 is 6.16 Å². The Morgan fingerprint density at radius 3 is 2.75 bits per heavy atom. The molecular weight excluding hydrogens is 258 g/mol. The maximum absolute atomic E-state index is 11.9. The Labute approximate surface area is 118 Å². The number of carbonyl (C=O) groups excluding carboxylic acids is 1. The first kappa shape index (κ1) is 13.4. The number of hydrogen-bond acceptors (Lipinski definition) is 5. The fourth-order valence-electron chi connectivity index (χ4n) is 2.89. The average Bonchev–Trinajstić information content (AvgIpc) is 3.15. The molecule has 0 N–H and O–H groups in total. The Morgan fingerprint density at radius 2 is 2.25 bits per heavy atom. The monoisotopic (exact) mass is 277 g/mol. The lowest BCUT2D eigenvalue weighted by molar-refractivity contribution is -0.198. The Hall–Kier alpha value is -1.62. The van der Waals surface area contributed by atoms with E-state index in [1.54, 1.807) is 24.4 Å². The van der Waals surface area contributed by atoms with Gasteiger partial charge in [-0.1, -0.05) is 19.9 Å². The normalized spacial score (nSPS) is 26.8. The van der Waals surface area contributed by atoms with Crippen LogP contribution in [-0.2, 0) is 9.47 Å². The molecule has 5 nitrogen and oxygen atoms in total. The zero-order valence-corrected chi connectivity index (χ0v) is 11.7. The van der Waals surface area contributed by atoms with E-state index >= 15 is 0 Å². The van der Waals surface area contributed by atoms with Gasteiger partial charge in [0.2, 0.25) is 5.88 Å². The predicted octanol–water partition coefficient (Wildman–Crippen LogP) is 2.66. The molecule has 5 heteroatoms. The molecule has 1 aliphatic carbocycles. The van der Waals surface area contributed by atoms with Crippen LogP contribution in [0.2, 0.25) is 0 Å². The molecule has 0 radical (unpaired) electrons. The van der Waals surface area contributed by atoms with Gasteiger partial charge in [-0.2, -0.15) is 0 Å². The molecule has 20 heavy (non-hydrogen) atoms. The second kappa shape index (κ2) is 5.05. The molecule has 3 rings (SSSR count). The van der Waals surface area contributed by atoms with Gasteiger partial charge in [0.15, 0.2) is 5.60 Å². The quantitative estimate of drug-likeness (QED) is 0.792. The zero-order valence-electron chi connectivity index (χ0n) is 11.7. The van der Waals surface area contributed by atoms with Gasteiger partial charge in [-0.15, -0.1) is 0 Å². The highest BCUT2D eigenvalue weighted by molar-refractivity contribution is 5.64. The summed E-state index contributed by atoms with van der Waals surface area (Å²) in [5.74, 6) is 1.87. The predicted molar refractivity (Wildman–Crippen MR) is 71.3 cm³/mol. The number of rotatable bonds is 4. The van der Waals surface area contributed by atoms with Crippen LogP contribution < -0.4 is 4.74 Å². The number of carbonyl (C=O) groups is 1. The first-order valence-corrected chi connectivity index (χ1v) is 7.00. The molecule has 2 atom stereocenters. The van der Waals surface area contributed by atoms with Gasteiger partial charge in [0.25, 0.3) is 0 Å². The zero-order chi connectivity index (χ0) is 14.2. The SMILES string of the molecule is CC(C)C1CC1C1(OC(=O)Oc2ccccn2)COC1. The average molecular weight is 277 g/mol. The van der Waals surface area contributed by atoms with E-state index in [9.17, 15) is 4.79 Å². The third kappa shape index (κ3) is 2.50. The fourth-order valence-corrected chi connectivity index (χ4v) is 2.89. The van der Waals surface area contributed by atoms with E-state index in [1.165, 1.54) is 0 Å². The molecule has 2 heterocycles. The van der Waals surface area contributed by atoms with E-state index < -0.39 is 11.8 Å². The number of hydrogen-bond donors (Lipinski definition) is 0. The first-order chi connectivity index (χ1) is 9.61. The van der Waals surface area contributed by atoms with Crippen LogP contribution in [-0.4, -0.2) is 30.0 Å². The molecule has 2 unspecified atom stereocenters. The van der Waals surface area contributed by atoms with E-state index in [-0.39, 0.29) is 5.88 Å². The summed E-state index contributed by atoms with van der Waals surface area (Å²) in [5, 5.41) is 0. The fraction of sp³-hybridized carbons (Fsp3) is 0.600. The van der Waals surface area contributed by atoms with Crippen molar-refractivity contribution in [2.45, 2.75) is 25.9 Å². The summed E-state index contributed by atoms with van der Waals surface area (Å²) in [6.07, 6.45) is 1.97. The van der Waals surface area contributed by atoms with Crippen LogP contribution in [0.5, 0.6) is 5.88 Å². The van der Waals surface area contributed by atoms with Gasteiger partial charge in [-0.25, -0.2) is 9.78 Å². The van der Waals surface area contributed by atoms with E-state index in [2.05, 4.69) is 18.8 Å². The minimum Gasteiger partial charge on any atom is -0.422 e. The summed E-state index contributed by atoms with van der Waals surface area (Å²) in [6, 6.07) is 5.14. The number of aromatic nitrogens is 1. The molecule has 2 fully saturated rings. The van der Waals surface area contributed by atoms with Crippen molar-refractivity contribution in [3.05, 3.63) is 24.4 Å². The standard InChI is InChI=1S/C15H19NO4/c1-10(2)11-7-12(11)15(8-18-9-15)20-14(17)19-13-5-3-4-6-16-13/h3-6,10-12H,7-9H2,1-2H3. The molecule has 108 valence electrons. The molecule has 1 saturated heterocycles. The van der Waals surface area contributed by atoms with Gasteiger partial charge in [0.1, 0.15) is 0 Å². The summed E-state index contributed by atoms with van der Waals surface area (Å²) < 4.78 is 15.9. The highest BCUT2D eigenvalue weighted by Gasteiger charge is 2.60. The van der Waals surface area contributed by atoms with Crippen molar-refractivity contribution < 1.29 is 19.0 Å². The highest BCUT2D eigenvalue weighted by atomic mass is 16.8. The van der Waals surface area contributed by atoms with Crippen LogP contribution in [0.15, 0.2) is 24.4 Å². The third-order valence-corrected chi connectivity index (χ3v) is 4.18. The molecule has 1 aliphatic heterocycles. The lowest BCUT2D eigenvalue weighted by Crippen LogP contribution is -2.55. The second-order valence-corrected chi connectivity index (χ2v) is 5.93. The minimum absolute atomic E-state index is 0.254. The summed E-state index contributed by atoms with van der Waals surface area (Å²) in [5.41, 5.74) is -0.485. The topological polar surface area (TPSA) is 57.7 Å². The maximum atomic E-state index is 11.9. The molecule has 0 spiro atoms. The Kier molecular flexibility index (Phi) is 3.38. The molecule has 0 aromatic carbocycles. The van der Waals surface area contributed by atoms with Crippen LogP contribution in [0.3, 0.4) is 0 Å². The molecule has 0 bridgehead atoms. The molecule has 2 aliphatic rings. The first-order valence-electron chi connectivity index (χ1n) is 7.00. The smallest absolute Gasteiger partial charge is 0.422 e. The molecule has 1 saturated carbocycles. The molecule has 1 aromatic heterocycles. The van der Waals surface area contributed by atoms with Crippen molar-refractivity contribution in [2.75, 3.05) is 13.2 Å². The summed E-state index contributed by atoms with van der Waals surface area (Å²) in [6.45, 7) is 5.34. The van der Waals surface area contributed by atoms with Gasteiger partial charge in [0, 0.05) is 18.2 Å². The Bertz CT molecular complexity index is 484. The van der Waals surface area contributed by atoms with Gasteiger partial charge in [-0.3, -0.25) is 0 Å². The maximum Gasteiger partial charge on any atom is 0.515 e. The van der Waals surface area contributed by atoms with E-state index in [0.717, 1.165) is 6.42 Å². The van der Waals surface area contributed by atoms with Crippen molar-refractivity contribution in [3.8, 4) is 5.88 Å². The number of ether oxygens (including phenoxy) is 3. The summed E-state index contributed by atoms with van der Waals surface area (Å²) in [7, 11) is 0. The second-order valence-electron chi connectivity index (χ2n) is 5.93. The van der Waals surface area contributed by atoms with E-state index in [4.69, 9.17) is 14.2 Å². The van der Waals surface area contributed by atoms with Crippen molar-refractivity contribution in [2.24, 2.45) is 17.8 Å². The van der Waals surface area contributed by atoms with Crippen molar-refractivity contribution in [1.82, 2.24) is 4.98 Å².